The van der Waals surface area contributed by atoms with Gasteiger partial charge < -0.3 is 4.57 Å². The zero-order chi connectivity index (χ0) is 14.8. The van der Waals surface area contributed by atoms with Crippen LogP contribution in [0, 0.1) is 0 Å². The topological polar surface area (TPSA) is 60.7 Å². The molecule has 5 nitrogen and oxygen atoms in total. The summed E-state index contributed by atoms with van der Waals surface area (Å²) < 4.78 is 1.93. The van der Waals surface area contributed by atoms with Crippen molar-refractivity contribution in [3.63, 3.8) is 0 Å². The number of thioether (sulfide) groups is 1. The molecule has 3 aromatic rings. The summed E-state index contributed by atoms with van der Waals surface area (Å²) in [5.74, 6) is 0.0130. The molecule has 0 bridgehead atoms. The van der Waals surface area contributed by atoms with E-state index in [0.29, 0.717) is 10.7 Å². The van der Waals surface area contributed by atoms with Crippen molar-refractivity contribution in [1.82, 2.24) is 19.5 Å². The lowest BCUT2D eigenvalue weighted by atomic mass is 10.1. The molecule has 0 atom stereocenters. The van der Waals surface area contributed by atoms with Crippen molar-refractivity contribution < 1.29 is 4.79 Å². The van der Waals surface area contributed by atoms with Crippen LogP contribution in [0.5, 0.6) is 0 Å². The quantitative estimate of drug-likeness (QED) is 0.421. The molecule has 3 aromatic heterocycles. The molecule has 0 fully saturated rings. The monoisotopic (exact) mass is 298 g/mol. The molecule has 0 saturated carbocycles. The van der Waals surface area contributed by atoms with E-state index >= 15 is 0 Å². The molecular formula is C15H14N4OS. The van der Waals surface area contributed by atoms with E-state index in [1.54, 1.807) is 18.5 Å². The third kappa shape index (κ3) is 2.80. The average Bonchev–Trinajstić information content (AvgIpc) is 2.88. The van der Waals surface area contributed by atoms with Gasteiger partial charge in [-0.3, -0.25) is 4.79 Å². The Morgan fingerprint density at radius 2 is 2.19 bits per heavy atom. The Morgan fingerprint density at radius 1 is 1.33 bits per heavy atom. The number of nitrogens with zero attached hydrogens (tertiary/aromatic N) is 4. The number of hydrogen-bond donors (Lipinski definition) is 0. The summed E-state index contributed by atoms with van der Waals surface area (Å²) in [4.78, 5) is 25.1. The molecular weight excluding hydrogens is 284 g/mol. The van der Waals surface area contributed by atoms with E-state index in [1.165, 1.54) is 11.8 Å². The zero-order valence-corrected chi connectivity index (χ0v) is 12.6. The smallest absolute Gasteiger partial charge is 0.187 e. The largest absolute Gasteiger partial charge is 0.336 e. The number of hydrogen-bond acceptors (Lipinski definition) is 5. The summed E-state index contributed by atoms with van der Waals surface area (Å²) in [7, 11) is 1.93. The summed E-state index contributed by atoms with van der Waals surface area (Å²) in [6.45, 7) is 0. The number of ketones is 1. The molecule has 0 aliphatic carbocycles. The van der Waals surface area contributed by atoms with E-state index in [4.69, 9.17) is 0 Å². The molecule has 6 heteroatoms. The van der Waals surface area contributed by atoms with Gasteiger partial charge in [-0.2, -0.15) is 0 Å². The van der Waals surface area contributed by atoms with Gasteiger partial charge in [0.1, 0.15) is 5.65 Å². The van der Waals surface area contributed by atoms with Crippen LogP contribution in [0.4, 0.5) is 0 Å². The van der Waals surface area contributed by atoms with Gasteiger partial charge >= 0.3 is 0 Å². The molecule has 106 valence electrons. The number of aryl methyl sites for hydroxylation is 1. The van der Waals surface area contributed by atoms with Gasteiger partial charge in [-0.25, -0.2) is 15.0 Å². The van der Waals surface area contributed by atoms with Gasteiger partial charge in [0.05, 0.1) is 12.1 Å². The van der Waals surface area contributed by atoms with Crippen molar-refractivity contribution in [3.05, 3.63) is 48.0 Å². The first-order valence-corrected chi connectivity index (χ1v) is 7.70. The van der Waals surface area contributed by atoms with Crippen LogP contribution in [0.3, 0.4) is 0 Å². The van der Waals surface area contributed by atoms with Crippen LogP contribution in [0.25, 0.3) is 11.0 Å². The Labute approximate surface area is 126 Å². The molecule has 0 aromatic carbocycles. The molecule has 3 heterocycles. The first kappa shape index (κ1) is 13.8. The van der Waals surface area contributed by atoms with Gasteiger partial charge in [-0.1, -0.05) is 11.8 Å². The summed E-state index contributed by atoms with van der Waals surface area (Å²) in [6, 6.07) is 5.60. The molecule has 0 amide bonds. The predicted octanol–water partition coefficient (Wildman–Crippen LogP) is 2.51. The van der Waals surface area contributed by atoms with E-state index in [0.717, 1.165) is 16.7 Å². The predicted molar refractivity (Wildman–Crippen MR) is 82.6 cm³/mol. The van der Waals surface area contributed by atoms with Gasteiger partial charge in [-0.05, 0) is 24.5 Å². The molecule has 0 aliphatic rings. The van der Waals surface area contributed by atoms with Crippen molar-refractivity contribution in [2.24, 2.45) is 7.05 Å². The molecule has 3 rings (SSSR count). The van der Waals surface area contributed by atoms with Crippen LogP contribution in [0.1, 0.15) is 16.1 Å². The van der Waals surface area contributed by atoms with Crippen molar-refractivity contribution in [2.45, 2.75) is 11.6 Å². The Bertz CT molecular complexity index is 812. The normalized spacial score (nSPS) is 11.0. The summed E-state index contributed by atoms with van der Waals surface area (Å²) >= 11 is 1.46. The zero-order valence-electron chi connectivity index (χ0n) is 11.8. The highest BCUT2D eigenvalue weighted by atomic mass is 32.2. The fraction of sp³-hybridized carbons (Fsp3) is 0.200. The average molecular weight is 298 g/mol. The fourth-order valence-corrected chi connectivity index (χ4v) is 2.52. The fourth-order valence-electron chi connectivity index (χ4n) is 2.15. The maximum absolute atomic E-state index is 12.4. The number of pyridine rings is 1. The van der Waals surface area contributed by atoms with Crippen molar-refractivity contribution in [2.75, 3.05) is 6.26 Å². The standard InChI is InChI=1S/C15H14N4OS/c1-19-6-4-10-7-11(9-17-14(10)19)13(20)8-12-3-5-16-15(18-12)21-2/h3-7,9H,8H2,1-2H3. The van der Waals surface area contributed by atoms with Gasteiger partial charge in [0, 0.05) is 36.6 Å². The van der Waals surface area contributed by atoms with E-state index in [1.807, 2.05) is 36.2 Å². The summed E-state index contributed by atoms with van der Waals surface area (Å²) in [5, 5.41) is 1.65. The lowest BCUT2D eigenvalue weighted by Gasteiger charge is -2.03. The highest BCUT2D eigenvalue weighted by Crippen LogP contribution is 2.15. The molecule has 0 aliphatic heterocycles. The van der Waals surface area contributed by atoms with Crippen molar-refractivity contribution in [3.8, 4) is 0 Å². The van der Waals surface area contributed by atoms with Crippen molar-refractivity contribution >= 4 is 28.6 Å². The van der Waals surface area contributed by atoms with E-state index < -0.39 is 0 Å². The van der Waals surface area contributed by atoms with Gasteiger partial charge in [0.2, 0.25) is 0 Å². The second-order valence-corrected chi connectivity index (χ2v) is 5.47. The minimum absolute atomic E-state index is 0.0130. The maximum Gasteiger partial charge on any atom is 0.187 e. The Balaban J connectivity index is 1.86. The number of carbonyl (C=O) groups excluding carboxylic acids is 1. The third-order valence-electron chi connectivity index (χ3n) is 3.24. The molecule has 21 heavy (non-hydrogen) atoms. The van der Waals surface area contributed by atoms with Crippen LogP contribution in [0.15, 0.2) is 41.9 Å². The number of aromatic nitrogens is 4. The second-order valence-electron chi connectivity index (χ2n) is 4.70. The third-order valence-corrected chi connectivity index (χ3v) is 3.81. The Kier molecular flexibility index (Phi) is 3.70. The van der Waals surface area contributed by atoms with Gasteiger partial charge in [-0.15, -0.1) is 0 Å². The SMILES string of the molecule is CSc1nccc(CC(=O)c2cnc3c(ccn3C)c2)n1. The lowest BCUT2D eigenvalue weighted by Crippen LogP contribution is -2.06. The number of fused-ring (bicyclic) bond motifs is 1. The molecule has 0 unspecified atom stereocenters. The summed E-state index contributed by atoms with van der Waals surface area (Å²) in [5.41, 5.74) is 2.21. The first-order valence-electron chi connectivity index (χ1n) is 6.47. The van der Waals surface area contributed by atoms with E-state index in [-0.39, 0.29) is 12.2 Å². The minimum atomic E-state index is 0.0130. The van der Waals surface area contributed by atoms with Gasteiger partial charge in [0.25, 0.3) is 0 Å². The number of Topliss-reactive ketones (excluding diaryl/α,β-unsaturated/α-hetero) is 1. The van der Waals surface area contributed by atoms with Gasteiger partial charge in [0.15, 0.2) is 10.9 Å². The second kappa shape index (κ2) is 5.65. The molecule has 0 radical (unpaired) electrons. The van der Waals surface area contributed by atoms with Crippen LogP contribution in [-0.2, 0) is 13.5 Å². The first-order chi connectivity index (χ1) is 10.2. The highest BCUT2D eigenvalue weighted by molar-refractivity contribution is 7.98. The Morgan fingerprint density at radius 3 is 3.00 bits per heavy atom. The van der Waals surface area contributed by atoms with Crippen LogP contribution in [-0.4, -0.2) is 31.6 Å². The molecule has 0 saturated heterocycles. The highest BCUT2D eigenvalue weighted by Gasteiger charge is 2.11. The Hall–Kier alpha value is -2.21. The van der Waals surface area contributed by atoms with E-state index in [2.05, 4.69) is 15.0 Å². The van der Waals surface area contributed by atoms with Crippen LogP contribution >= 0.6 is 11.8 Å². The van der Waals surface area contributed by atoms with Crippen LogP contribution in [0.2, 0.25) is 0 Å². The number of carbonyl (C=O) groups is 1. The lowest BCUT2D eigenvalue weighted by molar-refractivity contribution is 0.0991. The molecule has 0 spiro atoms. The van der Waals surface area contributed by atoms with E-state index in [9.17, 15) is 4.79 Å². The minimum Gasteiger partial charge on any atom is -0.336 e. The summed E-state index contributed by atoms with van der Waals surface area (Å²) in [6.07, 6.45) is 7.41. The molecule has 0 N–H and O–H groups in total. The van der Waals surface area contributed by atoms with Crippen molar-refractivity contribution in [1.29, 1.82) is 0 Å². The maximum atomic E-state index is 12.4. The number of rotatable bonds is 4. The van der Waals surface area contributed by atoms with Crippen LogP contribution < -0.4 is 0 Å².